The van der Waals surface area contributed by atoms with E-state index in [1.54, 1.807) is 0 Å². The fourth-order valence-corrected chi connectivity index (χ4v) is 1.65. The van der Waals surface area contributed by atoms with Gasteiger partial charge in [-0.3, -0.25) is 4.79 Å². The Morgan fingerprint density at radius 2 is 2.08 bits per heavy atom. The lowest BCUT2D eigenvalue weighted by Gasteiger charge is -2.13. The number of sulfone groups is 1. The Labute approximate surface area is 77.6 Å². The fraction of sp³-hybridized carbons (Fsp3) is 0.857. The first-order valence-corrected chi connectivity index (χ1v) is 6.12. The van der Waals surface area contributed by atoms with Crippen LogP contribution < -0.4 is 11.1 Å². The first kappa shape index (κ1) is 10.5. The Morgan fingerprint density at radius 1 is 1.54 bits per heavy atom. The summed E-state index contributed by atoms with van der Waals surface area (Å²) in [4.78, 5) is 11.1. The van der Waals surface area contributed by atoms with Gasteiger partial charge in [0.2, 0.25) is 5.91 Å². The molecule has 1 rings (SSSR count). The third-order valence-electron chi connectivity index (χ3n) is 2.04. The lowest BCUT2D eigenvalue weighted by molar-refractivity contribution is -0.119. The molecule has 0 aromatic heterocycles. The summed E-state index contributed by atoms with van der Waals surface area (Å²) >= 11 is 0. The van der Waals surface area contributed by atoms with E-state index in [0.717, 1.165) is 19.1 Å². The summed E-state index contributed by atoms with van der Waals surface area (Å²) in [6.45, 7) is 0.377. The fourth-order valence-electron chi connectivity index (χ4n) is 1.10. The Hall–Kier alpha value is -0.620. The van der Waals surface area contributed by atoms with E-state index >= 15 is 0 Å². The van der Waals surface area contributed by atoms with Crippen LogP contribution in [-0.2, 0) is 14.6 Å². The van der Waals surface area contributed by atoms with Gasteiger partial charge < -0.3 is 11.1 Å². The predicted octanol–water partition coefficient (Wildman–Crippen LogP) is -1.36. The number of nitrogens with two attached hydrogens (primary N) is 1. The van der Waals surface area contributed by atoms with Crippen molar-refractivity contribution in [3.63, 3.8) is 0 Å². The monoisotopic (exact) mass is 206 g/mol. The normalized spacial score (nSPS) is 19.5. The summed E-state index contributed by atoms with van der Waals surface area (Å²) in [6, 6.07) is 0. The van der Waals surface area contributed by atoms with Crippen LogP contribution >= 0.6 is 0 Å². The highest BCUT2D eigenvalue weighted by molar-refractivity contribution is 7.91. The maximum atomic E-state index is 11.1. The minimum atomic E-state index is -3.23. The predicted molar refractivity (Wildman–Crippen MR) is 48.9 cm³/mol. The molecule has 76 valence electrons. The maximum Gasteiger partial charge on any atom is 0.235 e. The quantitative estimate of drug-likeness (QED) is 0.594. The summed E-state index contributed by atoms with van der Waals surface area (Å²) < 4.78 is 21.5. The maximum absolute atomic E-state index is 11.1. The van der Waals surface area contributed by atoms with Gasteiger partial charge in [-0.25, -0.2) is 8.42 Å². The topological polar surface area (TPSA) is 89.3 Å². The van der Waals surface area contributed by atoms with Crippen LogP contribution in [0.15, 0.2) is 0 Å². The van der Waals surface area contributed by atoms with E-state index in [0.29, 0.717) is 6.54 Å². The minimum absolute atomic E-state index is 0.304. The van der Waals surface area contributed by atoms with Crippen LogP contribution in [-0.4, -0.2) is 38.4 Å². The van der Waals surface area contributed by atoms with Gasteiger partial charge in [0.15, 0.2) is 9.84 Å². The van der Waals surface area contributed by atoms with Gasteiger partial charge in [0.1, 0.15) is 5.75 Å². The van der Waals surface area contributed by atoms with E-state index in [2.05, 4.69) is 5.32 Å². The Balaban J connectivity index is 2.43. The van der Waals surface area contributed by atoms with Gasteiger partial charge in [-0.15, -0.1) is 0 Å². The van der Waals surface area contributed by atoms with Gasteiger partial charge in [-0.2, -0.15) is 0 Å². The van der Waals surface area contributed by atoms with Crippen LogP contribution in [0.4, 0.5) is 0 Å². The number of nitrogens with one attached hydrogen (secondary N) is 1. The van der Waals surface area contributed by atoms with Crippen molar-refractivity contribution in [2.45, 2.75) is 18.4 Å². The SMILES string of the molecule is CS(=O)(=O)CC(=O)NC1(CN)CC1. The van der Waals surface area contributed by atoms with Crippen molar-refractivity contribution in [1.29, 1.82) is 0 Å². The van der Waals surface area contributed by atoms with Gasteiger partial charge >= 0.3 is 0 Å². The molecule has 1 aliphatic carbocycles. The molecule has 6 heteroatoms. The van der Waals surface area contributed by atoms with Crippen molar-refractivity contribution in [2.24, 2.45) is 5.73 Å². The first-order valence-electron chi connectivity index (χ1n) is 4.06. The average molecular weight is 206 g/mol. The van der Waals surface area contributed by atoms with Crippen LogP contribution in [0.25, 0.3) is 0 Å². The van der Waals surface area contributed by atoms with Crippen LogP contribution in [0.3, 0.4) is 0 Å². The molecule has 0 atom stereocenters. The number of hydrogen-bond acceptors (Lipinski definition) is 4. The molecule has 0 bridgehead atoms. The van der Waals surface area contributed by atoms with Crippen LogP contribution in [0, 0.1) is 0 Å². The van der Waals surface area contributed by atoms with Crippen LogP contribution in [0.5, 0.6) is 0 Å². The van der Waals surface area contributed by atoms with Crippen molar-refractivity contribution in [1.82, 2.24) is 5.32 Å². The van der Waals surface area contributed by atoms with Crippen molar-refractivity contribution in [2.75, 3.05) is 18.6 Å². The summed E-state index contributed by atoms with van der Waals surface area (Å²) in [5.41, 5.74) is 5.11. The first-order chi connectivity index (χ1) is 5.87. The zero-order valence-corrected chi connectivity index (χ0v) is 8.36. The number of carbonyl (C=O) groups excluding carboxylic acids is 1. The highest BCUT2D eigenvalue weighted by Crippen LogP contribution is 2.33. The average Bonchev–Trinajstić information content (AvgIpc) is 2.65. The molecule has 0 aliphatic heterocycles. The summed E-state index contributed by atoms with van der Waals surface area (Å²) in [5.74, 6) is -0.903. The molecule has 0 heterocycles. The molecule has 0 radical (unpaired) electrons. The standard InChI is InChI=1S/C7H14N2O3S/c1-13(11,12)4-6(10)9-7(5-8)2-3-7/h2-5,8H2,1H3,(H,9,10). The molecule has 0 unspecified atom stereocenters. The van der Waals surface area contributed by atoms with E-state index in [1.165, 1.54) is 0 Å². The molecule has 1 aliphatic rings. The molecule has 0 aromatic carbocycles. The molecule has 1 fully saturated rings. The molecule has 1 saturated carbocycles. The van der Waals surface area contributed by atoms with Crippen molar-refractivity contribution < 1.29 is 13.2 Å². The second kappa shape index (κ2) is 3.26. The van der Waals surface area contributed by atoms with Crippen molar-refractivity contribution in [3.8, 4) is 0 Å². The third-order valence-corrected chi connectivity index (χ3v) is 2.83. The molecule has 0 spiro atoms. The summed E-state index contributed by atoms with van der Waals surface area (Å²) in [6.07, 6.45) is 2.73. The molecule has 0 saturated heterocycles. The molecule has 0 aromatic rings. The molecule has 13 heavy (non-hydrogen) atoms. The molecular formula is C7H14N2O3S. The molecule has 3 N–H and O–H groups in total. The summed E-state index contributed by atoms with van der Waals surface area (Å²) in [7, 11) is -3.23. The second-order valence-corrected chi connectivity index (χ2v) is 5.74. The number of hydrogen-bond donors (Lipinski definition) is 2. The minimum Gasteiger partial charge on any atom is -0.349 e. The largest absolute Gasteiger partial charge is 0.349 e. The second-order valence-electron chi connectivity index (χ2n) is 3.60. The van der Waals surface area contributed by atoms with Gasteiger partial charge in [-0.1, -0.05) is 0 Å². The third kappa shape index (κ3) is 3.31. The van der Waals surface area contributed by atoms with E-state index in [1.807, 2.05) is 0 Å². The van der Waals surface area contributed by atoms with Gasteiger partial charge in [0.25, 0.3) is 0 Å². The number of amides is 1. The lowest BCUT2D eigenvalue weighted by Crippen LogP contribution is -2.44. The zero-order chi connectivity index (χ0) is 10.1. The number of carbonyl (C=O) groups is 1. The van der Waals surface area contributed by atoms with Crippen molar-refractivity contribution in [3.05, 3.63) is 0 Å². The van der Waals surface area contributed by atoms with Gasteiger partial charge in [0, 0.05) is 12.8 Å². The summed E-state index contributed by atoms with van der Waals surface area (Å²) in [5, 5.41) is 2.63. The molecular weight excluding hydrogens is 192 g/mol. The molecule has 5 nitrogen and oxygen atoms in total. The Bertz CT molecular complexity index is 306. The lowest BCUT2D eigenvalue weighted by atomic mass is 10.3. The van der Waals surface area contributed by atoms with E-state index in [-0.39, 0.29) is 5.54 Å². The van der Waals surface area contributed by atoms with Gasteiger partial charge in [-0.05, 0) is 12.8 Å². The molecule has 1 amide bonds. The van der Waals surface area contributed by atoms with E-state index in [9.17, 15) is 13.2 Å². The smallest absolute Gasteiger partial charge is 0.235 e. The van der Waals surface area contributed by atoms with Crippen LogP contribution in [0.2, 0.25) is 0 Å². The Morgan fingerprint density at radius 3 is 2.38 bits per heavy atom. The Kier molecular flexibility index (Phi) is 2.63. The van der Waals surface area contributed by atoms with E-state index in [4.69, 9.17) is 5.73 Å². The zero-order valence-electron chi connectivity index (χ0n) is 7.54. The van der Waals surface area contributed by atoms with Crippen LogP contribution in [0.1, 0.15) is 12.8 Å². The van der Waals surface area contributed by atoms with Gasteiger partial charge in [0.05, 0.1) is 5.54 Å². The van der Waals surface area contributed by atoms with E-state index < -0.39 is 21.5 Å². The highest BCUT2D eigenvalue weighted by atomic mass is 32.2. The van der Waals surface area contributed by atoms with Crippen molar-refractivity contribution >= 4 is 15.7 Å². The number of rotatable bonds is 4. The highest BCUT2D eigenvalue weighted by Gasteiger charge is 2.42.